The summed E-state index contributed by atoms with van der Waals surface area (Å²) in [5.41, 5.74) is 6.68. The van der Waals surface area contributed by atoms with Crippen molar-refractivity contribution in [3.05, 3.63) is 16.9 Å². The first-order chi connectivity index (χ1) is 5.94. The summed E-state index contributed by atoms with van der Waals surface area (Å²) in [5, 5.41) is 4.86. The summed E-state index contributed by atoms with van der Waals surface area (Å²) in [7, 11) is 0. The van der Waals surface area contributed by atoms with Crippen molar-refractivity contribution in [2.45, 2.75) is 39.3 Å². The highest BCUT2D eigenvalue weighted by Crippen LogP contribution is 2.19. The largest absolute Gasteiger partial charge is 0.325 e. The fraction of sp³-hybridized carbons (Fsp3) is 0.667. The topological polar surface area (TPSA) is 43.8 Å². The summed E-state index contributed by atoms with van der Waals surface area (Å²) in [6.07, 6.45) is 2.55. The summed E-state index contributed by atoms with van der Waals surface area (Å²) >= 11 is 6.08. The highest BCUT2D eigenvalue weighted by Gasteiger charge is 2.16. The maximum atomic E-state index is 6.08. The van der Waals surface area contributed by atoms with E-state index in [0.29, 0.717) is 5.15 Å². The molecule has 0 spiro atoms. The SMILES string of the molecule is CCn1ncc(CC(C)(C)N)c1Cl. The fourth-order valence-electron chi connectivity index (χ4n) is 1.24. The van der Waals surface area contributed by atoms with Crippen LogP contribution in [0.1, 0.15) is 26.3 Å². The number of rotatable bonds is 3. The van der Waals surface area contributed by atoms with Gasteiger partial charge >= 0.3 is 0 Å². The van der Waals surface area contributed by atoms with Crippen LogP contribution in [0.3, 0.4) is 0 Å². The first-order valence-corrected chi connectivity index (χ1v) is 4.81. The normalized spacial score (nSPS) is 12.1. The molecule has 13 heavy (non-hydrogen) atoms. The fourth-order valence-corrected chi connectivity index (χ4v) is 1.52. The van der Waals surface area contributed by atoms with E-state index in [4.69, 9.17) is 17.3 Å². The van der Waals surface area contributed by atoms with Crippen LogP contribution < -0.4 is 5.73 Å². The number of hydrogen-bond donors (Lipinski definition) is 1. The molecule has 0 saturated heterocycles. The van der Waals surface area contributed by atoms with Gasteiger partial charge < -0.3 is 5.73 Å². The zero-order chi connectivity index (χ0) is 10.1. The Morgan fingerprint density at radius 1 is 1.62 bits per heavy atom. The Morgan fingerprint density at radius 2 is 2.23 bits per heavy atom. The Hall–Kier alpha value is -0.540. The average Bonchev–Trinajstić information content (AvgIpc) is 2.30. The van der Waals surface area contributed by atoms with Crippen LogP contribution in [0, 0.1) is 0 Å². The lowest BCUT2D eigenvalue weighted by Gasteiger charge is -2.17. The lowest BCUT2D eigenvalue weighted by molar-refractivity contribution is 0.516. The third kappa shape index (κ3) is 2.71. The van der Waals surface area contributed by atoms with Crippen LogP contribution in [0.15, 0.2) is 6.20 Å². The predicted molar refractivity (Wildman–Crippen MR) is 54.9 cm³/mol. The van der Waals surface area contributed by atoms with Crippen LogP contribution in [0.2, 0.25) is 5.15 Å². The molecule has 3 nitrogen and oxygen atoms in total. The predicted octanol–water partition coefficient (Wildman–Crippen LogP) is 1.84. The van der Waals surface area contributed by atoms with Crippen LogP contribution in [0.4, 0.5) is 0 Å². The van der Waals surface area contributed by atoms with Gasteiger partial charge in [0.05, 0.1) is 6.20 Å². The van der Waals surface area contributed by atoms with Gasteiger partial charge in [0, 0.05) is 17.6 Å². The van der Waals surface area contributed by atoms with Crippen molar-refractivity contribution in [1.29, 1.82) is 0 Å². The minimum absolute atomic E-state index is 0.231. The van der Waals surface area contributed by atoms with Gasteiger partial charge in [-0.05, 0) is 27.2 Å². The molecular formula is C9H16ClN3. The maximum Gasteiger partial charge on any atom is 0.130 e. The van der Waals surface area contributed by atoms with E-state index >= 15 is 0 Å². The van der Waals surface area contributed by atoms with Crippen molar-refractivity contribution in [2.75, 3.05) is 0 Å². The van der Waals surface area contributed by atoms with Gasteiger partial charge in [0.15, 0.2) is 0 Å². The number of halogens is 1. The van der Waals surface area contributed by atoms with Gasteiger partial charge in [-0.1, -0.05) is 11.6 Å². The van der Waals surface area contributed by atoms with E-state index in [2.05, 4.69) is 5.10 Å². The minimum Gasteiger partial charge on any atom is -0.325 e. The molecule has 2 N–H and O–H groups in total. The quantitative estimate of drug-likeness (QED) is 0.811. The molecule has 74 valence electrons. The van der Waals surface area contributed by atoms with Gasteiger partial charge in [0.2, 0.25) is 0 Å². The van der Waals surface area contributed by atoms with Crippen molar-refractivity contribution >= 4 is 11.6 Å². The molecule has 1 heterocycles. The zero-order valence-electron chi connectivity index (χ0n) is 8.34. The van der Waals surface area contributed by atoms with E-state index < -0.39 is 0 Å². The number of aromatic nitrogens is 2. The molecular weight excluding hydrogens is 186 g/mol. The van der Waals surface area contributed by atoms with E-state index in [0.717, 1.165) is 18.5 Å². The van der Waals surface area contributed by atoms with E-state index in [1.165, 1.54) is 0 Å². The molecule has 0 radical (unpaired) electrons. The molecule has 1 rings (SSSR count). The molecule has 0 bridgehead atoms. The van der Waals surface area contributed by atoms with Gasteiger partial charge in [0.1, 0.15) is 5.15 Å². The third-order valence-corrected chi connectivity index (χ3v) is 2.23. The van der Waals surface area contributed by atoms with Crippen LogP contribution in [-0.4, -0.2) is 15.3 Å². The van der Waals surface area contributed by atoms with Crippen molar-refractivity contribution in [3.8, 4) is 0 Å². The maximum absolute atomic E-state index is 6.08. The first kappa shape index (κ1) is 10.5. The Kier molecular flexibility index (Phi) is 2.98. The Balaban J connectivity index is 2.84. The van der Waals surface area contributed by atoms with Gasteiger partial charge in [0.25, 0.3) is 0 Å². The highest BCUT2D eigenvalue weighted by molar-refractivity contribution is 6.30. The number of hydrogen-bond acceptors (Lipinski definition) is 2. The van der Waals surface area contributed by atoms with Crippen LogP contribution in [0.25, 0.3) is 0 Å². The highest BCUT2D eigenvalue weighted by atomic mass is 35.5. The van der Waals surface area contributed by atoms with Gasteiger partial charge in [-0.25, -0.2) is 0 Å². The second-order valence-electron chi connectivity index (χ2n) is 3.94. The van der Waals surface area contributed by atoms with E-state index in [1.807, 2.05) is 20.8 Å². The average molecular weight is 202 g/mol. The lowest BCUT2D eigenvalue weighted by Crippen LogP contribution is -2.34. The summed E-state index contributed by atoms with van der Waals surface area (Å²) in [6, 6.07) is 0. The smallest absolute Gasteiger partial charge is 0.130 e. The molecule has 0 atom stereocenters. The number of aryl methyl sites for hydroxylation is 1. The van der Waals surface area contributed by atoms with Crippen molar-refractivity contribution in [1.82, 2.24) is 9.78 Å². The van der Waals surface area contributed by atoms with Gasteiger partial charge in [-0.2, -0.15) is 5.10 Å². The summed E-state index contributed by atoms with van der Waals surface area (Å²) < 4.78 is 1.77. The molecule has 0 aliphatic carbocycles. The monoisotopic (exact) mass is 201 g/mol. The van der Waals surface area contributed by atoms with Crippen molar-refractivity contribution < 1.29 is 0 Å². The summed E-state index contributed by atoms with van der Waals surface area (Å²) in [4.78, 5) is 0. The molecule has 0 saturated carbocycles. The Morgan fingerprint density at radius 3 is 2.62 bits per heavy atom. The van der Waals surface area contributed by atoms with Crippen LogP contribution >= 0.6 is 11.6 Å². The minimum atomic E-state index is -0.231. The van der Waals surface area contributed by atoms with Crippen molar-refractivity contribution in [2.24, 2.45) is 5.73 Å². The van der Waals surface area contributed by atoms with Crippen molar-refractivity contribution in [3.63, 3.8) is 0 Å². The molecule has 0 unspecified atom stereocenters. The molecule has 0 aromatic carbocycles. The molecule has 1 aromatic rings. The third-order valence-electron chi connectivity index (χ3n) is 1.79. The molecule has 4 heteroatoms. The van der Waals surface area contributed by atoms with E-state index in [9.17, 15) is 0 Å². The lowest BCUT2D eigenvalue weighted by atomic mass is 9.99. The zero-order valence-corrected chi connectivity index (χ0v) is 9.10. The summed E-state index contributed by atoms with van der Waals surface area (Å²) in [6.45, 7) is 6.76. The molecule has 0 aliphatic rings. The second kappa shape index (κ2) is 3.68. The Bertz CT molecular complexity index is 286. The van der Waals surface area contributed by atoms with E-state index in [1.54, 1.807) is 10.9 Å². The van der Waals surface area contributed by atoms with Gasteiger partial charge in [-0.3, -0.25) is 4.68 Å². The second-order valence-corrected chi connectivity index (χ2v) is 4.30. The van der Waals surface area contributed by atoms with Crippen LogP contribution in [0.5, 0.6) is 0 Å². The van der Waals surface area contributed by atoms with Gasteiger partial charge in [-0.15, -0.1) is 0 Å². The Labute approximate surface area is 83.9 Å². The van der Waals surface area contributed by atoms with E-state index in [-0.39, 0.29) is 5.54 Å². The molecule has 1 aromatic heterocycles. The molecule has 0 amide bonds. The molecule has 0 fully saturated rings. The molecule has 0 aliphatic heterocycles. The van der Waals surface area contributed by atoms with Crippen LogP contribution in [-0.2, 0) is 13.0 Å². The standard InChI is InChI=1S/C9H16ClN3/c1-4-13-8(10)7(6-12-13)5-9(2,3)11/h6H,4-5,11H2,1-3H3. The summed E-state index contributed by atoms with van der Waals surface area (Å²) in [5.74, 6) is 0. The number of nitrogens with zero attached hydrogens (tertiary/aromatic N) is 2. The number of nitrogens with two attached hydrogens (primary N) is 1. The first-order valence-electron chi connectivity index (χ1n) is 4.43.